The van der Waals surface area contributed by atoms with Crippen molar-refractivity contribution in [3.8, 4) is 11.1 Å². The van der Waals surface area contributed by atoms with Gasteiger partial charge in [-0.05, 0) is 25.0 Å². The molecule has 0 bridgehead atoms. The lowest BCUT2D eigenvalue weighted by Crippen LogP contribution is -2.19. The molecule has 0 aliphatic rings. The van der Waals surface area contributed by atoms with Crippen LogP contribution in [-0.2, 0) is 7.05 Å². The summed E-state index contributed by atoms with van der Waals surface area (Å²) in [4.78, 5) is 16.3. The van der Waals surface area contributed by atoms with Crippen molar-refractivity contribution in [3.63, 3.8) is 0 Å². The summed E-state index contributed by atoms with van der Waals surface area (Å²) in [6, 6.07) is 5.90. The van der Waals surface area contributed by atoms with Gasteiger partial charge in [0.05, 0.1) is 15.9 Å². The number of hydrogen-bond acceptors (Lipinski definition) is 2. The van der Waals surface area contributed by atoms with E-state index in [0.29, 0.717) is 5.92 Å². The standard InChI is InChI=1S/C15H17N2OSi/c1-9(2)14-12(5-6-13(19)16-14)11-7-10(3)15(18)17(4)8-11/h5-9H,1-4H3. The predicted molar refractivity (Wildman–Crippen MR) is 79.1 cm³/mol. The Labute approximate surface area is 116 Å². The minimum atomic E-state index is 0.0412. The Kier molecular flexibility index (Phi) is 3.71. The number of aryl methyl sites for hydroxylation is 2. The zero-order chi connectivity index (χ0) is 14.2. The smallest absolute Gasteiger partial charge is 0.253 e. The molecule has 0 fully saturated rings. The molecule has 0 unspecified atom stereocenters. The summed E-state index contributed by atoms with van der Waals surface area (Å²) in [5.74, 6) is 0.323. The van der Waals surface area contributed by atoms with Crippen LogP contribution in [0.1, 0.15) is 31.0 Å². The van der Waals surface area contributed by atoms with Crippen molar-refractivity contribution in [2.75, 3.05) is 0 Å². The van der Waals surface area contributed by atoms with Crippen LogP contribution in [0, 0.1) is 6.92 Å². The van der Waals surface area contributed by atoms with E-state index >= 15 is 0 Å². The first-order chi connectivity index (χ1) is 8.90. The third-order valence-electron chi connectivity index (χ3n) is 3.15. The molecule has 2 aromatic rings. The van der Waals surface area contributed by atoms with Crippen LogP contribution >= 0.6 is 0 Å². The summed E-state index contributed by atoms with van der Waals surface area (Å²) in [7, 11) is 5.24. The molecule has 0 saturated carbocycles. The van der Waals surface area contributed by atoms with E-state index < -0.39 is 0 Å². The maximum atomic E-state index is 11.8. The molecule has 0 saturated heterocycles. The number of pyridine rings is 2. The van der Waals surface area contributed by atoms with Gasteiger partial charge in [-0.3, -0.25) is 9.78 Å². The van der Waals surface area contributed by atoms with Gasteiger partial charge in [0.1, 0.15) is 0 Å². The van der Waals surface area contributed by atoms with Crippen LogP contribution in [0.5, 0.6) is 0 Å². The van der Waals surface area contributed by atoms with Crippen LogP contribution in [0.3, 0.4) is 0 Å². The molecule has 3 nitrogen and oxygen atoms in total. The van der Waals surface area contributed by atoms with E-state index in [1.807, 2.05) is 31.3 Å². The van der Waals surface area contributed by atoms with Crippen LogP contribution in [0.25, 0.3) is 11.1 Å². The minimum absolute atomic E-state index is 0.0412. The quantitative estimate of drug-likeness (QED) is 0.777. The van der Waals surface area contributed by atoms with Crippen molar-refractivity contribution < 1.29 is 0 Å². The monoisotopic (exact) mass is 269 g/mol. The van der Waals surface area contributed by atoms with E-state index in [1.165, 1.54) is 0 Å². The molecule has 2 aromatic heterocycles. The average Bonchev–Trinajstić information content (AvgIpc) is 2.35. The zero-order valence-corrected chi connectivity index (χ0v) is 12.7. The highest BCUT2D eigenvalue weighted by atomic mass is 28.1. The van der Waals surface area contributed by atoms with E-state index in [2.05, 4.69) is 29.1 Å². The van der Waals surface area contributed by atoms with Crippen LogP contribution in [0.15, 0.2) is 29.2 Å². The van der Waals surface area contributed by atoms with Crippen LogP contribution in [-0.4, -0.2) is 19.8 Å². The van der Waals surface area contributed by atoms with Gasteiger partial charge in [0.2, 0.25) is 0 Å². The topological polar surface area (TPSA) is 34.9 Å². The fraction of sp³-hybridized carbons (Fsp3) is 0.333. The Morgan fingerprint density at radius 1 is 1.32 bits per heavy atom. The molecule has 0 aromatic carbocycles. The first kappa shape index (κ1) is 13.7. The summed E-state index contributed by atoms with van der Waals surface area (Å²) in [5.41, 5.74) is 3.93. The molecular weight excluding hydrogens is 252 g/mol. The van der Waals surface area contributed by atoms with Crippen molar-refractivity contribution in [2.45, 2.75) is 26.7 Å². The zero-order valence-electron chi connectivity index (χ0n) is 11.7. The lowest BCUT2D eigenvalue weighted by Gasteiger charge is -2.14. The summed E-state index contributed by atoms with van der Waals surface area (Å²) >= 11 is 0. The molecule has 2 heterocycles. The second-order valence-electron chi connectivity index (χ2n) is 5.11. The van der Waals surface area contributed by atoms with Crippen molar-refractivity contribution in [1.29, 1.82) is 0 Å². The molecule has 0 aliphatic carbocycles. The molecule has 0 aliphatic heterocycles. The Bertz CT molecular complexity index is 648. The van der Waals surface area contributed by atoms with E-state index in [1.54, 1.807) is 11.6 Å². The van der Waals surface area contributed by atoms with Crippen molar-refractivity contribution >= 4 is 15.6 Å². The number of nitrogens with zero attached hydrogens (tertiary/aromatic N) is 2. The fourth-order valence-electron chi connectivity index (χ4n) is 2.18. The molecule has 2 rings (SSSR count). The highest BCUT2D eigenvalue weighted by Gasteiger charge is 2.12. The Morgan fingerprint density at radius 2 is 2.00 bits per heavy atom. The van der Waals surface area contributed by atoms with E-state index in [9.17, 15) is 4.79 Å². The molecule has 97 valence electrons. The van der Waals surface area contributed by atoms with Crippen molar-refractivity contribution in [2.24, 2.45) is 7.05 Å². The molecule has 0 atom stereocenters. The van der Waals surface area contributed by atoms with Crippen molar-refractivity contribution in [3.05, 3.63) is 46.0 Å². The predicted octanol–water partition coefficient (Wildman–Crippen LogP) is 1.67. The maximum Gasteiger partial charge on any atom is 0.253 e. The number of rotatable bonds is 2. The van der Waals surface area contributed by atoms with Gasteiger partial charge in [0, 0.05) is 35.3 Å². The Balaban J connectivity index is 2.68. The van der Waals surface area contributed by atoms with E-state index in [4.69, 9.17) is 0 Å². The average molecular weight is 269 g/mol. The van der Waals surface area contributed by atoms with E-state index in [-0.39, 0.29) is 5.56 Å². The molecule has 0 spiro atoms. The summed E-state index contributed by atoms with van der Waals surface area (Å²) in [5, 5.41) is 0.828. The van der Waals surface area contributed by atoms with Gasteiger partial charge < -0.3 is 4.57 Å². The number of aromatic nitrogens is 2. The molecule has 19 heavy (non-hydrogen) atoms. The van der Waals surface area contributed by atoms with Crippen LogP contribution in [0.4, 0.5) is 0 Å². The molecular formula is C15H17N2OSi. The number of hydrogen-bond donors (Lipinski definition) is 0. The molecule has 0 amide bonds. The van der Waals surface area contributed by atoms with Crippen LogP contribution < -0.4 is 10.9 Å². The molecule has 4 heteroatoms. The van der Waals surface area contributed by atoms with Crippen molar-refractivity contribution in [1.82, 2.24) is 9.55 Å². The maximum absolute atomic E-state index is 11.8. The first-order valence-corrected chi connectivity index (χ1v) is 6.80. The SMILES string of the molecule is Cc1cc(-c2ccc([Si])nc2C(C)C)cn(C)c1=O. The first-order valence-electron chi connectivity index (χ1n) is 6.30. The lowest BCUT2D eigenvalue weighted by molar-refractivity contribution is 0.825. The van der Waals surface area contributed by atoms with Gasteiger partial charge in [-0.25, -0.2) is 0 Å². The normalized spacial score (nSPS) is 11.1. The van der Waals surface area contributed by atoms with Crippen LogP contribution in [0.2, 0.25) is 0 Å². The third kappa shape index (κ3) is 2.68. The molecule has 0 N–H and O–H groups in total. The van der Waals surface area contributed by atoms with Gasteiger partial charge in [0.15, 0.2) is 0 Å². The second-order valence-corrected chi connectivity index (χ2v) is 5.62. The fourth-order valence-corrected chi connectivity index (χ4v) is 2.39. The summed E-state index contributed by atoms with van der Waals surface area (Å²) in [6.07, 6.45) is 1.87. The minimum Gasteiger partial charge on any atom is -0.318 e. The van der Waals surface area contributed by atoms with Gasteiger partial charge in [-0.1, -0.05) is 19.9 Å². The summed E-state index contributed by atoms with van der Waals surface area (Å²) < 4.78 is 1.62. The molecule has 3 radical (unpaired) electrons. The van der Waals surface area contributed by atoms with E-state index in [0.717, 1.165) is 27.7 Å². The van der Waals surface area contributed by atoms with Gasteiger partial charge >= 0.3 is 0 Å². The lowest BCUT2D eigenvalue weighted by atomic mass is 9.98. The van der Waals surface area contributed by atoms with Gasteiger partial charge in [-0.2, -0.15) is 0 Å². The third-order valence-corrected chi connectivity index (χ3v) is 3.42. The highest BCUT2D eigenvalue weighted by Crippen LogP contribution is 2.26. The Morgan fingerprint density at radius 3 is 2.58 bits per heavy atom. The Hall–Kier alpha value is -1.68. The summed E-state index contributed by atoms with van der Waals surface area (Å²) in [6.45, 7) is 6.07. The van der Waals surface area contributed by atoms with Gasteiger partial charge in [-0.15, -0.1) is 0 Å². The largest absolute Gasteiger partial charge is 0.318 e. The van der Waals surface area contributed by atoms with Gasteiger partial charge in [0.25, 0.3) is 5.56 Å². The second kappa shape index (κ2) is 5.13. The highest BCUT2D eigenvalue weighted by molar-refractivity contribution is 6.30.